The first-order valence-electron chi connectivity index (χ1n) is 10.1. The quantitative estimate of drug-likeness (QED) is 0.412. The number of carbonyl (C=O) groups excluding carboxylic acids is 1. The molecule has 1 aromatic carbocycles. The summed E-state index contributed by atoms with van der Waals surface area (Å²) in [6.07, 6.45) is -0.165. The average Bonchev–Trinajstić information content (AvgIpc) is 3.25. The minimum absolute atomic E-state index is 0.263. The summed E-state index contributed by atoms with van der Waals surface area (Å²) in [7, 11) is 0. The Morgan fingerprint density at radius 3 is 2.57 bits per heavy atom. The number of hydrogen-bond acceptors (Lipinski definition) is 6. The molecule has 3 N–H and O–H groups in total. The zero-order chi connectivity index (χ0) is 26.0. The van der Waals surface area contributed by atoms with Gasteiger partial charge < -0.3 is 20.3 Å². The predicted molar refractivity (Wildman–Crippen MR) is 120 cm³/mol. The molecule has 0 bridgehead atoms. The van der Waals surface area contributed by atoms with Crippen molar-refractivity contribution in [1.82, 2.24) is 14.8 Å². The van der Waals surface area contributed by atoms with Gasteiger partial charge in [-0.25, -0.2) is 4.79 Å². The number of benzene rings is 1. The number of carbonyl (C=O) groups is 2. The van der Waals surface area contributed by atoms with E-state index in [1.165, 1.54) is 6.20 Å². The van der Waals surface area contributed by atoms with Gasteiger partial charge in [-0.1, -0.05) is 30.7 Å². The van der Waals surface area contributed by atoms with Gasteiger partial charge in [-0.15, -0.1) is 0 Å². The fourth-order valence-corrected chi connectivity index (χ4v) is 2.67. The molecule has 0 aliphatic rings. The van der Waals surface area contributed by atoms with E-state index in [9.17, 15) is 23.1 Å². The second kappa shape index (κ2) is 12.7. The van der Waals surface area contributed by atoms with Gasteiger partial charge in [0.2, 0.25) is 0 Å². The van der Waals surface area contributed by atoms with Crippen molar-refractivity contribution in [2.75, 3.05) is 5.32 Å². The molecule has 0 aliphatic carbocycles. The summed E-state index contributed by atoms with van der Waals surface area (Å²) in [6, 6.07) is 10.6. The summed E-state index contributed by atoms with van der Waals surface area (Å²) in [4.78, 5) is 25.5. The molecule has 0 fully saturated rings. The van der Waals surface area contributed by atoms with E-state index in [4.69, 9.17) is 26.2 Å². The number of carboxylic acid groups (broad SMARTS) is 1. The summed E-state index contributed by atoms with van der Waals surface area (Å²) < 4.78 is 39.0. The fourth-order valence-electron chi connectivity index (χ4n) is 2.48. The van der Waals surface area contributed by atoms with Gasteiger partial charge in [0.1, 0.15) is 18.1 Å². The highest BCUT2D eigenvalue weighted by molar-refractivity contribution is 6.32. The molecule has 0 spiro atoms. The van der Waals surface area contributed by atoms with E-state index in [1.807, 2.05) is 19.1 Å². The Bertz CT molecular complexity index is 1140. The summed E-state index contributed by atoms with van der Waals surface area (Å²) in [6.45, 7) is 2.53. The number of para-hydroxylation sites is 1. The third kappa shape index (κ3) is 9.26. The molecular formula is C22H22ClF3N4O5. The van der Waals surface area contributed by atoms with Crippen LogP contribution in [0, 0.1) is 0 Å². The van der Waals surface area contributed by atoms with Crippen LogP contribution in [0.15, 0.2) is 55.0 Å². The maximum atomic E-state index is 12.5. The Morgan fingerprint density at radius 1 is 1.26 bits per heavy atom. The average molecular weight is 515 g/mol. The second-order valence-corrected chi connectivity index (χ2v) is 7.45. The van der Waals surface area contributed by atoms with Gasteiger partial charge in [0.25, 0.3) is 5.91 Å². The maximum absolute atomic E-state index is 12.5. The first kappa shape index (κ1) is 27.6. The van der Waals surface area contributed by atoms with Crippen LogP contribution >= 0.6 is 11.6 Å². The van der Waals surface area contributed by atoms with Crippen LogP contribution in [0.1, 0.15) is 29.4 Å². The summed E-state index contributed by atoms with van der Waals surface area (Å²) in [5.41, 5.74) is 1.59. The highest BCUT2D eigenvalue weighted by Crippen LogP contribution is 2.24. The molecule has 3 aromatic rings. The lowest BCUT2D eigenvalue weighted by Gasteiger charge is -2.09. The van der Waals surface area contributed by atoms with Crippen molar-refractivity contribution in [1.29, 1.82) is 0 Å². The number of anilines is 1. The Morgan fingerprint density at radius 2 is 1.94 bits per heavy atom. The Balaban J connectivity index is 0.000000540. The van der Waals surface area contributed by atoms with Crippen molar-refractivity contribution in [3.05, 3.63) is 71.3 Å². The van der Waals surface area contributed by atoms with Crippen LogP contribution in [0.4, 0.5) is 18.9 Å². The van der Waals surface area contributed by atoms with Crippen LogP contribution in [0.2, 0.25) is 5.02 Å². The largest absolute Gasteiger partial charge is 0.490 e. The Hall–Kier alpha value is -3.64. The molecule has 0 saturated carbocycles. The normalized spacial score (nSPS) is 11.7. The van der Waals surface area contributed by atoms with E-state index in [2.05, 4.69) is 15.4 Å². The van der Waals surface area contributed by atoms with Gasteiger partial charge in [0.15, 0.2) is 0 Å². The number of aliphatic hydroxyl groups is 1. The molecule has 0 radical (unpaired) electrons. The molecule has 13 heteroatoms. The number of aliphatic carboxylic acids is 1. The number of hydrogen-bond donors (Lipinski definition) is 3. The molecule has 1 atom stereocenters. The lowest BCUT2D eigenvalue weighted by molar-refractivity contribution is -0.192. The van der Waals surface area contributed by atoms with Crippen LogP contribution in [0.25, 0.3) is 0 Å². The van der Waals surface area contributed by atoms with Crippen molar-refractivity contribution >= 4 is 29.2 Å². The van der Waals surface area contributed by atoms with E-state index in [0.717, 1.165) is 5.56 Å². The number of pyridine rings is 1. The van der Waals surface area contributed by atoms with Crippen LogP contribution in [0.3, 0.4) is 0 Å². The number of halogens is 4. The number of carboxylic acids is 1. The number of rotatable bonds is 8. The van der Waals surface area contributed by atoms with Crippen molar-refractivity contribution < 1.29 is 37.7 Å². The van der Waals surface area contributed by atoms with Crippen molar-refractivity contribution in [2.45, 2.75) is 38.8 Å². The van der Waals surface area contributed by atoms with Crippen LogP contribution in [0.5, 0.6) is 5.75 Å². The minimum Gasteiger partial charge on any atom is -0.487 e. The molecule has 2 aromatic heterocycles. The lowest BCUT2D eigenvalue weighted by atomic mass is 10.2. The van der Waals surface area contributed by atoms with Gasteiger partial charge in [-0.3, -0.25) is 14.5 Å². The monoisotopic (exact) mass is 514 g/mol. The Kier molecular flexibility index (Phi) is 10.0. The number of aromatic nitrogens is 3. The smallest absolute Gasteiger partial charge is 0.487 e. The van der Waals surface area contributed by atoms with Crippen molar-refractivity contribution in [2.24, 2.45) is 0 Å². The lowest BCUT2D eigenvalue weighted by Crippen LogP contribution is -2.21. The second-order valence-electron chi connectivity index (χ2n) is 7.04. The summed E-state index contributed by atoms with van der Waals surface area (Å²) in [5, 5.41) is 24.2. The number of ether oxygens (including phenoxy) is 1. The summed E-state index contributed by atoms with van der Waals surface area (Å²) in [5.74, 6) is -2.53. The van der Waals surface area contributed by atoms with Crippen LogP contribution in [-0.2, 0) is 17.9 Å². The van der Waals surface area contributed by atoms with Gasteiger partial charge in [-0.05, 0) is 36.2 Å². The first-order chi connectivity index (χ1) is 16.5. The third-order valence-corrected chi connectivity index (χ3v) is 4.60. The number of amides is 1. The van der Waals surface area contributed by atoms with Crippen molar-refractivity contribution in [3.8, 4) is 5.75 Å². The number of nitrogens with one attached hydrogen (secondary N) is 1. The molecular weight excluding hydrogens is 493 g/mol. The van der Waals surface area contributed by atoms with Crippen molar-refractivity contribution in [3.63, 3.8) is 0 Å². The zero-order valence-corrected chi connectivity index (χ0v) is 19.1. The van der Waals surface area contributed by atoms with E-state index in [-0.39, 0.29) is 18.2 Å². The SMILES string of the molecule is CCC(O)Cn1cc(NC(=O)c2cc(COc3ccccc3Cl)ccn2)cn1.O=C(O)C(F)(F)F. The number of nitrogens with zero attached hydrogens (tertiary/aromatic N) is 3. The maximum Gasteiger partial charge on any atom is 0.490 e. The molecule has 2 heterocycles. The molecule has 1 unspecified atom stereocenters. The molecule has 3 rings (SSSR count). The third-order valence-electron chi connectivity index (χ3n) is 4.29. The number of alkyl halides is 3. The first-order valence-corrected chi connectivity index (χ1v) is 10.5. The molecule has 1 amide bonds. The molecule has 0 saturated heterocycles. The van der Waals surface area contributed by atoms with Gasteiger partial charge in [0.05, 0.1) is 29.6 Å². The minimum atomic E-state index is -5.08. The predicted octanol–water partition coefficient (Wildman–Crippen LogP) is 4.17. The molecule has 0 aliphatic heterocycles. The van der Waals surface area contributed by atoms with Gasteiger partial charge >= 0.3 is 12.1 Å². The van der Waals surface area contributed by atoms with E-state index in [1.54, 1.807) is 41.3 Å². The van der Waals surface area contributed by atoms with Gasteiger partial charge in [-0.2, -0.15) is 18.3 Å². The standard InChI is InChI=1S/C20H21ClN4O3.C2HF3O2/c1-2-16(26)12-25-11-15(10-23-25)24-20(27)18-9-14(7-8-22-18)13-28-19-6-4-3-5-17(19)21;3-2(4,5)1(6)7/h3-11,16,26H,2,12-13H2,1H3,(H,24,27);(H,6,7). The Labute approximate surface area is 203 Å². The van der Waals surface area contributed by atoms with E-state index in [0.29, 0.717) is 29.4 Å². The van der Waals surface area contributed by atoms with Gasteiger partial charge in [0, 0.05) is 12.4 Å². The topological polar surface area (TPSA) is 127 Å². The number of aliphatic hydroxyl groups excluding tert-OH is 1. The molecule has 188 valence electrons. The molecule has 9 nitrogen and oxygen atoms in total. The van der Waals surface area contributed by atoms with Crippen LogP contribution in [-0.4, -0.2) is 49.1 Å². The summed E-state index contributed by atoms with van der Waals surface area (Å²) >= 11 is 6.08. The van der Waals surface area contributed by atoms with E-state index >= 15 is 0 Å². The highest BCUT2D eigenvalue weighted by atomic mass is 35.5. The van der Waals surface area contributed by atoms with Crippen LogP contribution < -0.4 is 10.1 Å². The molecule has 35 heavy (non-hydrogen) atoms. The highest BCUT2D eigenvalue weighted by Gasteiger charge is 2.38. The fraction of sp³-hybridized carbons (Fsp3) is 0.273. The van der Waals surface area contributed by atoms with E-state index < -0.39 is 18.2 Å². The zero-order valence-electron chi connectivity index (χ0n) is 18.4.